The monoisotopic (exact) mass is 324 g/mol. The van der Waals surface area contributed by atoms with Crippen LogP contribution < -0.4 is 0 Å². The SMILES string of the molecule is Cn1nc(-c2ccc(O)c(Cl)c2Cl)cc1C1CCCCC1. The summed E-state index contributed by atoms with van der Waals surface area (Å²) in [5.74, 6) is 0.574. The van der Waals surface area contributed by atoms with E-state index in [0.29, 0.717) is 10.9 Å². The fraction of sp³-hybridized carbons (Fsp3) is 0.438. The highest BCUT2D eigenvalue weighted by molar-refractivity contribution is 6.44. The Labute approximate surface area is 134 Å². The van der Waals surface area contributed by atoms with Gasteiger partial charge in [0.15, 0.2) is 0 Å². The highest BCUT2D eigenvalue weighted by atomic mass is 35.5. The molecule has 0 amide bonds. The van der Waals surface area contributed by atoms with Crippen molar-refractivity contribution in [1.82, 2.24) is 9.78 Å². The maximum absolute atomic E-state index is 9.59. The van der Waals surface area contributed by atoms with Crippen LogP contribution in [0.4, 0.5) is 0 Å². The van der Waals surface area contributed by atoms with Gasteiger partial charge in [0, 0.05) is 24.2 Å². The number of aromatic hydroxyl groups is 1. The highest BCUT2D eigenvalue weighted by Crippen LogP contribution is 2.40. The Morgan fingerprint density at radius 1 is 1.14 bits per heavy atom. The number of phenolic OH excluding ortho intramolecular Hbond substituents is 1. The third-order valence-corrected chi connectivity index (χ3v) is 5.15. The largest absolute Gasteiger partial charge is 0.506 e. The Bertz CT molecular complexity index is 661. The molecule has 1 aliphatic rings. The van der Waals surface area contributed by atoms with Gasteiger partial charge in [-0.25, -0.2) is 0 Å². The third kappa shape index (κ3) is 2.77. The number of phenols is 1. The lowest BCUT2D eigenvalue weighted by Gasteiger charge is -2.21. The lowest BCUT2D eigenvalue weighted by Crippen LogP contribution is -2.09. The minimum absolute atomic E-state index is 0.00569. The number of nitrogens with zero attached hydrogens (tertiary/aromatic N) is 2. The molecule has 0 spiro atoms. The van der Waals surface area contributed by atoms with Gasteiger partial charge in [0.25, 0.3) is 0 Å². The van der Waals surface area contributed by atoms with Crippen molar-refractivity contribution in [3.63, 3.8) is 0 Å². The average molecular weight is 325 g/mol. The molecule has 0 unspecified atom stereocenters. The van der Waals surface area contributed by atoms with Gasteiger partial charge < -0.3 is 5.11 Å². The first-order valence-electron chi connectivity index (χ1n) is 7.29. The van der Waals surface area contributed by atoms with Crippen LogP contribution in [0.3, 0.4) is 0 Å². The second kappa shape index (κ2) is 5.90. The second-order valence-electron chi connectivity index (χ2n) is 5.67. The molecule has 21 heavy (non-hydrogen) atoms. The maximum atomic E-state index is 9.59. The summed E-state index contributed by atoms with van der Waals surface area (Å²) in [7, 11) is 1.98. The summed E-state index contributed by atoms with van der Waals surface area (Å²) in [5, 5.41) is 14.7. The highest BCUT2D eigenvalue weighted by Gasteiger charge is 2.21. The minimum atomic E-state index is -0.00569. The number of hydrogen-bond donors (Lipinski definition) is 1. The zero-order valence-electron chi connectivity index (χ0n) is 11.9. The van der Waals surface area contributed by atoms with Crippen LogP contribution in [0, 0.1) is 0 Å². The molecule has 2 aromatic rings. The van der Waals surface area contributed by atoms with Crippen LogP contribution >= 0.6 is 23.2 Å². The van der Waals surface area contributed by atoms with Crippen LogP contribution in [-0.2, 0) is 7.05 Å². The fourth-order valence-electron chi connectivity index (χ4n) is 3.13. The van der Waals surface area contributed by atoms with Crippen LogP contribution in [0.2, 0.25) is 10.0 Å². The zero-order chi connectivity index (χ0) is 15.0. The van der Waals surface area contributed by atoms with Crippen LogP contribution in [0.25, 0.3) is 11.3 Å². The summed E-state index contributed by atoms with van der Waals surface area (Å²) in [4.78, 5) is 0. The van der Waals surface area contributed by atoms with Gasteiger partial charge in [0.2, 0.25) is 0 Å². The van der Waals surface area contributed by atoms with Crippen LogP contribution in [0.15, 0.2) is 18.2 Å². The van der Waals surface area contributed by atoms with Gasteiger partial charge in [0.05, 0.1) is 10.7 Å². The molecule has 0 atom stereocenters. The molecule has 0 radical (unpaired) electrons. The number of hydrogen-bond acceptors (Lipinski definition) is 2. The molecular weight excluding hydrogens is 307 g/mol. The van der Waals surface area contributed by atoms with Crippen LogP contribution in [0.5, 0.6) is 5.75 Å². The van der Waals surface area contributed by atoms with Crippen LogP contribution in [-0.4, -0.2) is 14.9 Å². The van der Waals surface area contributed by atoms with Gasteiger partial charge in [-0.15, -0.1) is 0 Å². The summed E-state index contributed by atoms with van der Waals surface area (Å²) in [5.41, 5.74) is 2.83. The molecule has 1 fully saturated rings. The zero-order valence-corrected chi connectivity index (χ0v) is 13.5. The molecule has 1 saturated carbocycles. The lowest BCUT2D eigenvalue weighted by molar-refractivity contribution is 0.424. The quantitative estimate of drug-likeness (QED) is 0.829. The second-order valence-corrected chi connectivity index (χ2v) is 6.43. The molecular formula is C16H18Cl2N2O. The summed E-state index contributed by atoms with van der Waals surface area (Å²) in [6.45, 7) is 0. The normalized spacial score (nSPS) is 16.3. The van der Waals surface area contributed by atoms with Gasteiger partial charge in [-0.1, -0.05) is 42.5 Å². The summed E-state index contributed by atoms with van der Waals surface area (Å²) < 4.78 is 1.95. The average Bonchev–Trinajstić information content (AvgIpc) is 2.87. The number of aromatic nitrogens is 2. The van der Waals surface area contributed by atoms with E-state index in [1.165, 1.54) is 37.8 Å². The molecule has 5 heteroatoms. The van der Waals surface area contributed by atoms with Crippen molar-refractivity contribution in [2.45, 2.75) is 38.0 Å². The van der Waals surface area contributed by atoms with Gasteiger partial charge in [0.1, 0.15) is 10.8 Å². The van der Waals surface area contributed by atoms with E-state index in [0.717, 1.165) is 11.3 Å². The van der Waals surface area contributed by atoms with E-state index in [4.69, 9.17) is 23.2 Å². The Kier molecular flexibility index (Phi) is 4.14. The number of halogens is 2. The first kappa shape index (κ1) is 14.7. The van der Waals surface area contributed by atoms with Gasteiger partial charge in [-0.05, 0) is 31.0 Å². The van der Waals surface area contributed by atoms with Gasteiger partial charge >= 0.3 is 0 Å². The molecule has 0 saturated heterocycles. The van der Waals surface area contributed by atoms with Gasteiger partial charge in [-0.2, -0.15) is 5.10 Å². The van der Waals surface area contributed by atoms with E-state index in [1.54, 1.807) is 12.1 Å². The molecule has 1 N–H and O–H groups in total. The van der Waals surface area contributed by atoms with E-state index in [9.17, 15) is 5.11 Å². The smallest absolute Gasteiger partial charge is 0.135 e. The van der Waals surface area contributed by atoms with Crippen molar-refractivity contribution in [2.75, 3.05) is 0 Å². The van der Waals surface area contributed by atoms with Crippen molar-refractivity contribution in [1.29, 1.82) is 0 Å². The minimum Gasteiger partial charge on any atom is -0.506 e. The Morgan fingerprint density at radius 2 is 1.86 bits per heavy atom. The molecule has 1 aliphatic carbocycles. The molecule has 1 heterocycles. The molecule has 3 rings (SSSR count). The van der Waals surface area contributed by atoms with E-state index < -0.39 is 0 Å². The number of benzene rings is 1. The standard InChI is InChI=1S/C16H18Cl2N2O/c1-20-13(10-5-3-2-4-6-10)9-12(19-20)11-7-8-14(21)16(18)15(11)17/h7-10,21H,2-6H2,1H3. The molecule has 112 valence electrons. The summed E-state index contributed by atoms with van der Waals surface area (Å²) >= 11 is 12.3. The van der Waals surface area contributed by atoms with E-state index >= 15 is 0 Å². The van der Waals surface area contributed by atoms with E-state index in [2.05, 4.69) is 11.2 Å². The van der Waals surface area contributed by atoms with Gasteiger partial charge in [-0.3, -0.25) is 4.68 Å². The first-order chi connectivity index (χ1) is 10.1. The molecule has 0 aliphatic heterocycles. The molecule has 1 aromatic heterocycles. The van der Waals surface area contributed by atoms with E-state index in [1.807, 2.05) is 11.7 Å². The molecule has 3 nitrogen and oxygen atoms in total. The van der Waals surface area contributed by atoms with Crippen molar-refractivity contribution in [2.24, 2.45) is 7.05 Å². The van der Waals surface area contributed by atoms with Crippen molar-refractivity contribution >= 4 is 23.2 Å². The lowest BCUT2D eigenvalue weighted by atomic mass is 9.86. The number of rotatable bonds is 2. The molecule has 0 bridgehead atoms. The fourth-order valence-corrected chi connectivity index (χ4v) is 3.55. The van der Waals surface area contributed by atoms with Crippen molar-refractivity contribution < 1.29 is 5.11 Å². The molecule has 1 aromatic carbocycles. The Morgan fingerprint density at radius 3 is 2.57 bits per heavy atom. The first-order valence-corrected chi connectivity index (χ1v) is 8.05. The summed E-state index contributed by atoms with van der Waals surface area (Å²) in [6, 6.07) is 5.42. The topological polar surface area (TPSA) is 38.0 Å². The van der Waals surface area contributed by atoms with Crippen molar-refractivity contribution in [3.05, 3.63) is 33.9 Å². The number of aryl methyl sites for hydroxylation is 1. The van der Waals surface area contributed by atoms with Crippen molar-refractivity contribution in [3.8, 4) is 17.0 Å². The van der Waals surface area contributed by atoms with Crippen LogP contribution in [0.1, 0.15) is 43.7 Å². The Hall–Kier alpha value is -1.19. The maximum Gasteiger partial charge on any atom is 0.135 e. The Balaban J connectivity index is 1.99. The third-order valence-electron chi connectivity index (χ3n) is 4.28. The van der Waals surface area contributed by atoms with E-state index in [-0.39, 0.29) is 10.8 Å². The summed E-state index contributed by atoms with van der Waals surface area (Å²) in [6.07, 6.45) is 6.36. The predicted octanol–water partition coefficient (Wildman–Crippen LogP) is 5.15. The predicted molar refractivity (Wildman–Crippen MR) is 86.2 cm³/mol.